The minimum atomic E-state index is -0.301. The Labute approximate surface area is 160 Å². The minimum Gasteiger partial charge on any atom is -0.346 e. The van der Waals surface area contributed by atoms with Crippen LogP contribution in [-0.4, -0.2) is 60.9 Å². The summed E-state index contributed by atoms with van der Waals surface area (Å²) in [7, 11) is 0. The Hall–Kier alpha value is -0.380. The number of hydrogen-bond acceptors (Lipinski definition) is 5. The first-order valence-corrected chi connectivity index (χ1v) is 8.40. The lowest BCUT2D eigenvalue weighted by Gasteiger charge is -2.34. The van der Waals surface area contributed by atoms with E-state index in [4.69, 9.17) is 5.73 Å². The number of nitrogens with zero attached hydrogens (tertiary/aromatic N) is 2. The summed E-state index contributed by atoms with van der Waals surface area (Å²) in [5.74, 6) is -0.347. The van der Waals surface area contributed by atoms with Crippen LogP contribution in [0, 0.1) is 0 Å². The van der Waals surface area contributed by atoms with Crippen LogP contribution in [0.2, 0.25) is 0 Å². The van der Waals surface area contributed by atoms with Crippen molar-refractivity contribution in [3.63, 3.8) is 0 Å². The number of carbonyl (C=O) groups excluding carboxylic acids is 2. The van der Waals surface area contributed by atoms with Crippen LogP contribution in [0.3, 0.4) is 0 Å². The van der Waals surface area contributed by atoms with Gasteiger partial charge in [-0.1, -0.05) is 0 Å². The highest BCUT2D eigenvalue weighted by molar-refractivity contribution is 9.11. The van der Waals surface area contributed by atoms with Gasteiger partial charge in [0.05, 0.1) is 16.9 Å². The van der Waals surface area contributed by atoms with Gasteiger partial charge in [-0.2, -0.15) is 0 Å². The number of amides is 2. The Morgan fingerprint density at radius 3 is 2.39 bits per heavy atom. The van der Waals surface area contributed by atoms with Crippen molar-refractivity contribution in [1.29, 1.82) is 0 Å². The molecule has 1 saturated heterocycles. The Balaban J connectivity index is 0.00000242. The van der Waals surface area contributed by atoms with Crippen LogP contribution in [0.5, 0.6) is 0 Å². The maximum absolute atomic E-state index is 11.9. The smallest absolute Gasteiger partial charge is 0.242 e. The predicted molar refractivity (Wildman–Crippen MR) is 100 cm³/mol. The van der Waals surface area contributed by atoms with Crippen molar-refractivity contribution >= 4 is 63.9 Å². The molecule has 6 nitrogen and oxygen atoms in total. The van der Waals surface area contributed by atoms with Gasteiger partial charge < -0.3 is 16.0 Å². The van der Waals surface area contributed by atoms with E-state index in [0.717, 1.165) is 23.4 Å². The van der Waals surface area contributed by atoms with E-state index in [1.54, 1.807) is 16.2 Å². The van der Waals surface area contributed by atoms with Gasteiger partial charge in [-0.3, -0.25) is 14.5 Å². The van der Waals surface area contributed by atoms with Gasteiger partial charge in [-0.25, -0.2) is 0 Å². The molecule has 1 aliphatic heterocycles. The lowest BCUT2D eigenvalue weighted by molar-refractivity contribution is -0.134. The van der Waals surface area contributed by atoms with Crippen molar-refractivity contribution in [3.05, 3.63) is 20.8 Å². The van der Waals surface area contributed by atoms with Crippen molar-refractivity contribution < 1.29 is 9.59 Å². The number of nitrogens with two attached hydrogens (primary N) is 1. The van der Waals surface area contributed by atoms with E-state index in [1.165, 1.54) is 4.88 Å². The molecule has 1 aliphatic rings. The molecule has 2 heterocycles. The summed E-state index contributed by atoms with van der Waals surface area (Å²) in [6.07, 6.45) is 0. The summed E-state index contributed by atoms with van der Waals surface area (Å²) in [5.41, 5.74) is 5.18. The Bertz CT molecular complexity index is 510. The number of nitrogens with one attached hydrogen (secondary N) is 1. The molecule has 0 bridgehead atoms. The number of thiophene rings is 1. The van der Waals surface area contributed by atoms with Gasteiger partial charge in [-0.05, 0) is 28.1 Å². The zero-order chi connectivity index (χ0) is 15.2. The molecule has 0 unspecified atom stereocenters. The second kappa shape index (κ2) is 11.2. The van der Waals surface area contributed by atoms with Crippen LogP contribution >= 0.6 is 52.1 Å². The third kappa shape index (κ3) is 7.36. The van der Waals surface area contributed by atoms with E-state index in [1.807, 2.05) is 0 Å². The third-order valence-corrected chi connectivity index (χ3v) is 4.96. The molecule has 1 aromatic rings. The normalized spacial score (nSPS) is 14.6. The van der Waals surface area contributed by atoms with Gasteiger partial charge in [0.1, 0.15) is 0 Å². The fraction of sp³-hybridized carbons (Fsp3) is 0.538. The average molecular weight is 448 g/mol. The van der Waals surface area contributed by atoms with E-state index in [9.17, 15) is 9.59 Å². The molecule has 0 aromatic carbocycles. The molecule has 0 atom stereocenters. The van der Waals surface area contributed by atoms with E-state index < -0.39 is 0 Å². The molecule has 0 aliphatic carbocycles. The molecule has 0 saturated carbocycles. The first-order valence-electron chi connectivity index (χ1n) is 6.79. The third-order valence-electron chi connectivity index (χ3n) is 3.36. The molecular weight excluding hydrogens is 427 g/mol. The number of halogens is 3. The average Bonchev–Trinajstić information content (AvgIpc) is 2.90. The van der Waals surface area contributed by atoms with Gasteiger partial charge in [0.25, 0.3) is 0 Å². The van der Waals surface area contributed by atoms with Crippen LogP contribution in [0.15, 0.2) is 15.9 Å². The summed E-state index contributed by atoms with van der Waals surface area (Å²) >= 11 is 5.20. The molecule has 10 heteroatoms. The van der Waals surface area contributed by atoms with Crippen LogP contribution < -0.4 is 11.1 Å². The van der Waals surface area contributed by atoms with Crippen molar-refractivity contribution in [1.82, 2.24) is 15.1 Å². The lowest BCUT2D eigenvalue weighted by atomic mass is 10.3. The van der Waals surface area contributed by atoms with Crippen molar-refractivity contribution in [2.45, 2.75) is 6.54 Å². The fourth-order valence-corrected chi connectivity index (χ4v) is 3.70. The lowest BCUT2D eigenvalue weighted by Crippen LogP contribution is -2.51. The molecule has 23 heavy (non-hydrogen) atoms. The molecule has 0 radical (unpaired) electrons. The highest BCUT2D eigenvalue weighted by Crippen LogP contribution is 2.23. The number of carbonyl (C=O) groups is 2. The monoisotopic (exact) mass is 446 g/mol. The van der Waals surface area contributed by atoms with E-state index in [-0.39, 0.29) is 49.7 Å². The van der Waals surface area contributed by atoms with E-state index >= 15 is 0 Å². The first kappa shape index (κ1) is 22.6. The first-order chi connectivity index (χ1) is 10.1. The molecule has 132 valence electrons. The predicted octanol–water partition coefficient (Wildman–Crippen LogP) is 1.07. The van der Waals surface area contributed by atoms with Gasteiger partial charge in [0, 0.05) is 37.6 Å². The van der Waals surface area contributed by atoms with Gasteiger partial charge in [0.2, 0.25) is 11.8 Å². The van der Waals surface area contributed by atoms with E-state index in [2.05, 4.69) is 38.3 Å². The molecule has 3 N–H and O–H groups in total. The number of piperazine rings is 1. The maximum Gasteiger partial charge on any atom is 0.242 e. The van der Waals surface area contributed by atoms with Gasteiger partial charge >= 0.3 is 0 Å². The molecule has 0 spiro atoms. The van der Waals surface area contributed by atoms with Crippen LogP contribution in [0.25, 0.3) is 0 Å². The number of rotatable bonds is 5. The van der Waals surface area contributed by atoms with Crippen LogP contribution in [0.1, 0.15) is 4.88 Å². The molecule has 1 fully saturated rings. The Morgan fingerprint density at radius 1 is 1.22 bits per heavy atom. The summed E-state index contributed by atoms with van der Waals surface area (Å²) in [5, 5.41) is 2.51. The van der Waals surface area contributed by atoms with E-state index in [0.29, 0.717) is 13.1 Å². The number of hydrogen-bond donors (Lipinski definition) is 2. The summed E-state index contributed by atoms with van der Waals surface area (Å²) in [4.78, 5) is 28.4. The zero-order valence-corrected chi connectivity index (χ0v) is 16.5. The maximum atomic E-state index is 11.9. The second-order valence-electron chi connectivity index (χ2n) is 4.84. The molecule has 2 amide bonds. The topological polar surface area (TPSA) is 78.7 Å². The highest BCUT2D eigenvalue weighted by Gasteiger charge is 2.21. The van der Waals surface area contributed by atoms with Crippen molar-refractivity contribution in [3.8, 4) is 0 Å². The summed E-state index contributed by atoms with van der Waals surface area (Å²) < 4.78 is 1.14. The minimum absolute atomic E-state index is 0. The van der Waals surface area contributed by atoms with Crippen molar-refractivity contribution in [2.75, 3.05) is 39.3 Å². The summed E-state index contributed by atoms with van der Waals surface area (Å²) in [6.45, 7) is 3.97. The SMILES string of the molecule is Cl.Cl.NCC(=O)NCC(=O)N1CCN(Cc2ccc(Br)s2)CC1. The Kier molecular flexibility index (Phi) is 11.0. The zero-order valence-electron chi connectivity index (χ0n) is 12.5. The fourth-order valence-electron chi connectivity index (χ4n) is 2.17. The highest BCUT2D eigenvalue weighted by atomic mass is 79.9. The standard InChI is InChI=1S/C13H19BrN4O2S.2ClH/c14-11-2-1-10(21-11)9-17-3-5-18(6-4-17)13(20)8-16-12(19)7-15;;/h1-2H,3-9,15H2,(H,16,19);2*1H. The second-order valence-corrected chi connectivity index (χ2v) is 7.39. The Morgan fingerprint density at radius 2 is 1.87 bits per heavy atom. The molecule has 1 aromatic heterocycles. The summed E-state index contributed by atoms with van der Waals surface area (Å²) in [6, 6.07) is 4.18. The van der Waals surface area contributed by atoms with Crippen molar-refractivity contribution in [2.24, 2.45) is 5.73 Å². The van der Waals surface area contributed by atoms with Gasteiger partial charge in [0.15, 0.2) is 0 Å². The van der Waals surface area contributed by atoms with Crippen LogP contribution in [-0.2, 0) is 16.1 Å². The van der Waals surface area contributed by atoms with Gasteiger partial charge in [-0.15, -0.1) is 36.2 Å². The largest absolute Gasteiger partial charge is 0.346 e. The van der Waals surface area contributed by atoms with Crippen LogP contribution in [0.4, 0.5) is 0 Å². The molecular formula is C13H21BrCl2N4O2S. The quantitative estimate of drug-likeness (QED) is 0.707. The molecule has 2 rings (SSSR count).